The second-order valence-corrected chi connectivity index (χ2v) is 4.77. The molecule has 1 aliphatic rings. The molecule has 0 spiro atoms. The van der Waals surface area contributed by atoms with Gasteiger partial charge in [-0.3, -0.25) is 0 Å². The fraction of sp³-hybridized carbons (Fsp3) is 0.286. The quantitative estimate of drug-likeness (QED) is 0.789. The molecule has 0 fully saturated rings. The third kappa shape index (κ3) is 2.36. The first-order valence-corrected chi connectivity index (χ1v) is 6.59. The minimum absolute atomic E-state index is 0.276. The van der Waals surface area contributed by atoms with Crippen LogP contribution in [0.2, 0.25) is 5.28 Å². The van der Waals surface area contributed by atoms with Gasteiger partial charge in [0.25, 0.3) is 0 Å². The number of ether oxygens (including phenoxy) is 1. The molecule has 2 aromatic rings. The minimum Gasteiger partial charge on any atom is -0.497 e. The lowest BCUT2D eigenvalue weighted by Gasteiger charge is -2.30. The maximum atomic E-state index is 5.87. The number of benzene rings is 1. The van der Waals surface area contributed by atoms with Crippen molar-refractivity contribution < 1.29 is 4.74 Å². The van der Waals surface area contributed by atoms with Crippen LogP contribution in [0.5, 0.6) is 5.75 Å². The van der Waals surface area contributed by atoms with Crippen LogP contribution in [0.3, 0.4) is 0 Å². The Morgan fingerprint density at radius 2 is 2.21 bits per heavy atom. The molecule has 0 radical (unpaired) electrons. The Balaban J connectivity index is 2.03. The van der Waals surface area contributed by atoms with Gasteiger partial charge in [-0.1, -0.05) is 0 Å². The molecule has 0 saturated heterocycles. The van der Waals surface area contributed by atoms with Crippen molar-refractivity contribution in [2.75, 3.05) is 18.6 Å². The highest BCUT2D eigenvalue weighted by molar-refractivity contribution is 6.28. The smallest absolute Gasteiger partial charge is 0.224 e. The van der Waals surface area contributed by atoms with Crippen molar-refractivity contribution in [2.45, 2.75) is 12.8 Å². The molecule has 5 heteroatoms. The van der Waals surface area contributed by atoms with Gasteiger partial charge in [-0.15, -0.1) is 0 Å². The number of halogens is 1. The summed E-state index contributed by atoms with van der Waals surface area (Å²) in [6, 6.07) is 8.01. The van der Waals surface area contributed by atoms with Gasteiger partial charge in [-0.25, -0.2) is 9.97 Å². The molecule has 1 aliphatic heterocycles. The summed E-state index contributed by atoms with van der Waals surface area (Å²) in [5.41, 5.74) is 2.45. The predicted octanol–water partition coefficient (Wildman–Crippen LogP) is 3.22. The number of rotatable bonds is 2. The molecule has 0 amide bonds. The molecule has 0 unspecified atom stereocenters. The Morgan fingerprint density at radius 3 is 3.00 bits per heavy atom. The molecule has 4 nitrogen and oxygen atoms in total. The van der Waals surface area contributed by atoms with Crippen LogP contribution >= 0.6 is 11.6 Å². The third-order valence-electron chi connectivity index (χ3n) is 3.29. The van der Waals surface area contributed by atoms with Gasteiger partial charge in [-0.2, -0.15) is 0 Å². The highest BCUT2D eigenvalue weighted by Crippen LogP contribution is 2.34. The average molecular weight is 276 g/mol. The number of aromatic nitrogens is 2. The summed E-state index contributed by atoms with van der Waals surface area (Å²) in [6.07, 6.45) is 3.83. The molecule has 0 bridgehead atoms. The van der Waals surface area contributed by atoms with E-state index in [0.29, 0.717) is 0 Å². The van der Waals surface area contributed by atoms with E-state index in [0.717, 1.165) is 31.0 Å². The highest BCUT2D eigenvalue weighted by atomic mass is 35.5. The Kier molecular flexibility index (Phi) is 3.25. The van der Waals surface area contributed by atoms with E-state index >= 15 is 0 Å². The normalized spacial score (nSPS) is 14.1. The lowest BCUT2D eigenvalue weighted by atomic mass is 10.0. The zero-order chi connectivity index (χ0) is 13.2. The Hall–Kier alpha value is -1.81. The standard InChI is InChI=1S/C14H14ClN3O/c1-19-11-4-5-12-10(9-11)3-2-8-18(12)13-6-7-16-14(15)17-13/h4-7,9H,2-3,8H2,1H3. The lowest BCUT2D eigenvalue weighted by Crippen LogP contribution is -2.25. The van der Waals surface area contributed by atoms with Crippen LogP contribution in [0.4, 0.5) is 11.5 Å². The molecule has 3 rings (SSSR count). The van der Waals surface area contributed by atoms with Crippen LogP contribution in [0, 0.1) is 0 Å². The van der Waals surface area contributed by atoms with Gasteiger partial charge in [0.05, 0.1) is 7.11 Å². The van der Waals surface area contributed by atoms with Crippen LogP contribution in [0.25, 0.3) is 0 Å². The number of hydrogen-bond acceptors (Lipinski definition) is 4. The molecule has 1 aromatic heterocycles. The molecule has 0 saturated carbocycles. The molecule has 0 atom stereocenters. The number of fused-ring (bicyclic) bond motifs is 1. The number of nitrogens with zero attached hydrogens (tertiary/aromatic N) is 3. The van der Waals surface area contributed by atoms with Gasteiger partial charge in [-0.05, 0) is 54.3 Å². The molecular weight excluding hydrogens is 262 g/mol. The summed E-state index contributed by atoms with van der Waals surface area (Å²) < 4.78 is 5.28. The Morgan fingerprint density at radius 1 is 1.32 bits per heavy atom. The zero-order valence-electron chi connectivity index (χ0n) is 10.6. The molecule has 1 aromatic carbocycles. The van der Waals surface area contributed by atoms with E-state index in [2.05, 4.69) is 27.0 Å². The number of hydrogen-bond donors (Lipinski definition) is 0. The fourth-order valence-corrected chi connectivity index (χ4v) is 2.56. The first-order valence-electron chi connectivity index (χ1n) is 6.21. The zero-order valence-corrected chi connectivity index (χ0v) is 11.4. The summed E-state index contributed by atoms with van der Waals surface area (Å²) >= 11 is 5.87. The molecular formula is C14H14ClN3O. The van der Waals surface area contributed by atoms with Gasteiger partial charge >= 0.3 is 0 Å². The summed E-state index contributed by atoms with van der Waals surface area (Å²) in [7, 11) is 1.69. The maximum absolute atomic E-state index is 5.87. The largest absolute Gasteiger partial charge is 0.497 e. The second-order valence-electron chi connectivity index (χ2n) is 4.43. The van der Waals surface area contributed by atoms with E-state index in [1.807, 2.05) is 12.1 Å². The minimum atomic E-state index is 0.276. The third-order valence-corrected chi connectivity index (χ3v) is 3.48. The Bertz CT molecular complexity index is 603. The molecule has 0 aliphatic carbocycles. The van der Waals surface area contributed by atoms with E-state index < -0.39 is 0 Å². The van der Waals surface area contributed by atoms with Crippen molar-refractivity contribution >= 4 is 23.1 Å². The van der Waals surface area contributed by atoms with Crippen molar-refractivity contribution in [1.29, 1.82) is 0 Å². The average Bonchev–Trinajstić information content (AvgIpc) is 2.46. The predicted molar refractivity (Wildman–Crippen MR) is 75.4 cm³/mol. The van der Waals surface area contributed by atoms with Crippen molar-refractivity contribution in [3.8, 4) is 5.75 Å². The summed E-state index contributed by atoms with van der Waals surface area (Å²) in [6.45, 7) is 0.937. The van der Waals surface area contributed by atoms with Crippen LogP contribution in [-0.4, -0.2) is 23.6 Å². The van der Waals surface area contributed by atoms with Crippen molar-refractivity contribution in [3.05, 3.63) is 41.3 Å². The SMILES string of the molecule is COc1ccc2c(c1)CCCN2c1ccnc(Cl)n1. The van der Waals surface area contributed by atoms with Gasteiger partial charge < -0.3 is 9.64 Å². The van der Waals surface area contributed by atoms with E-state index in [9.17, 15) is 0 Å². The fourth-order valence-electron chi connectivity index (χ4n) is 2.41. The topological polar surface area (TPSA) is 38.2 Å². The lowest BCUT2D eigenvalue weighted by molar-refractivity contribution is 0.414. The van der Waals surface area contributed by atoms with Crippen molar-refractivity contribution in [3.63, 3.8) is 0 Å². The van der Waals surface area contributed by atoms with E-state index in [-0.39, 0.29) is 5.28 Å². The van der Waals surface area contributed by atoms with E-state index in [4.69, 9.17) is 16.3 Å². The number of aryl methyl sites for hydroxylation is 1. The number of methoxy groups -OCH3 is 1. The van der Waals surface area contributed by atoms with Gasteiger partial charge in [0.1, 0.15) is 11.6 Å². The first kappa shape index (κ1) is 12.2. The van der Waals surface area contributed by atoms with Gasteiger partial charge in [0, 0.05) is 18.4 Å². The summed E-state index contributed by atoms with van der Waals surface area (Å²) in [4.78, 5) is 10.4. The van der Waals surface area contributed by atoms with Crippen LogP contribution in [-0.2, 0) is 6.42 Å². The number of anilines is 2. The maximum Gasteiger partial charge on any atom is 0.224 e. The van der Waals surface area contributed by atoms with Gasteiger partial charge in [0.15, 0.2) is 0 Å². The Labute approximate surface area is 117 Å². The molecule has 0 N–H and O–H groups in total. The van der Waals surface area contributed by atoms with Crippen molar-refractivity contribution in [2.24, 2.45) is 0 Å². The van der Waals surface area contributed by atoms with E-state index in [1.165, 1.54) is 11.3 Å². The van der Waals surface area contributed by atoms with Crippen LogP contribution in [0.1, 0.15) is 12.0 Å². The summed E-state index contributed by atoms with van der Waals surface area (Å²) in [5.74, 6) is 1.73. The highest BCUT2D eigenvalue weighted by Gasteiger charge is 2.19. The molecule has 98 valence electrons. The second kappa shape index (κ2) is 5.05. The molecule has 19 heavy (non-hydrogen) atoms. The van der Waals surface area contributed by atoms with E-state index in [1.54, 1.807) is 13.3 Å². The summed E-state index contributed by atoms with van der Waals surface area (Å²) in [5, 5.41) is 0.276. The van der Waals surface area contributed by atoms with Gasteiger partial charge in [0.2, 0.25) is 5.28 Å². The van der Waals surface area contributed by atoms with Crippen molar-refractivity contribution in [1.82, 2.24) is 9.97 Å². The van der Waals surface area contributed by atoms with Crippen LogP contribution < -0.4 is 9.64 Å². The monoisotopic (exact) mass is 275 g/mol. The first-order chi connectivity index (χ1) is 9.28. The van der Waals surface area contributed by atoms with Crippen LogP contribution in [0.15, 0.2) is 30.5 Å². The molecule has 2 heterocycles.